The van der Waals surface area contributed by atoms with Crippen LogP contribution < -0.4 is 4.90 Å². The number of carbonyl (C=O) groups is 1. The van der Waals surface area contributed by atoms with E-state index in [1.54, 1.807) is 13.1 Å². The third kappa shape index (κ3) is 4.61. The minimum atomic E-state index is 0.124. The lowest BCUT2D eigenvalue weighted by molar-refractivity contribution is -0.129. The fourth-order valence-corrected chi connectivity index (χ4v) is 4.77. The van der Waals surface area contributed by atoms with Crippen LogP contribution in [0.1, 0.15) is 42.8 Å². The van der Waals surface area contributed by atoms with Crippen LogP contribution in [0.15, 0.2) is 47.1 Å². The summed E-state index contributed by atoms with van der Waals surface area (Å²) < 4.78 is 5.75. The minimum Gasteiger partial charge on any atom is -0.353 e. The van der Waals surface area contributed by atoms with E-state index in [1.807, 2.05) is 17.0 Å². The number of rotatable bonds is 5. The summed E-state index contributed by atoms with van der Waals surface area (Å²) in [6.07, 6.45) is 3.94. The summed E-state index contributed by atoms with van der Waals surface area (Å²) in [5.74, 6) is 2.28. The van der Waals surface area contributed by atoms with Gasteiger partial charge in [-0.2, -0.15) is 4.98 Å². The van der Waals surface area contributed by atoms with Gasteiger partial charge in [-0.05, 0) is 49.6 Å². The summed E-state index contributed by atoms with van der Waals surface area (Å²) >= 11 is 0. The Hall–Kier alpha value is -3.26. The first-order valence-corrected chi connectivity index (χ1v) is 11.7. The van der Waals surface area contributed by atoms with Gasteiger partial charge in [0.2, 0.25) is 17.6 Å². The second-order valence-electron chi connectivity index (χ2n) is 8.91. The molecule has 1 atom stereocenters. The number of aryl methyl sites for hydroxylation is 1. The Labute approximate surface area is 194 Å². The highest BCUT2D eigenvalue weighted by atomic mass is 16.5. The van der Waals surface area contributed by atoms with Crippen molar-refractivity contribution in [3.05, 3.63) is 59.6 Å². The monoisotopic (exact) mass is 446 g/mol. The molecule has 5 rings (SSSR count). The third-order valence-corrected chi connectivity index (χ3v) is 6.78. The van der Waals surface area contributed by atoms with E-state index in [9.17, 15) is 4.79 Å². The molecule has 8 nitrogen and oxygen atoms in total. The molecule has 1 unspecified atom stereocenters. The first kappa shape index (κ1) is 21.6. The van der Waals surface area contributed by atoms with Gasteiger partial charge in [-0.1, -0.05) is 29.4 Å². The third-order valence-electron chi connectivity index (χ3n) is 6.78. The Bertz CT molecular complexity index is 1120. The molecule has 0 saturated carbocycles. The second kappa shape index (κ2) is 9.31. The molecular weight excluding hydrogens is 416 g/mol. The molecule has 2 aromatic heterocycles. The zero-order valence-corrected chi connectivity index (χ0v) is 19.3. The summed E-state index contributed by atoms with van der Waals surface area (Å²) in [6.45, 7) is 8.66. The van der Waals surface area contributed by atoms with Gasteiger partial charge in [0.15, 0.2) is 0 Å². The Morgan fingerprint density at radius 3 is 2.73 bits per heavy atom. The van der Waals surface area contributed by atoms with Gasteiger partial charge >= 0.3 is 0 Å². The van der Waals surface area contributed by atoms with Crippen LogP contribution in [0.4, 0.5) is 5.82 Å². The number of carbonyl (C=O) groups excluding carboxylic acids is 1. The quantitative estimate of drug-likeness (QED) is 0.594. The fraction of sp³-hybridized carbons (Fsp3) is 0.440. The molecule has 3 aromatic rings. The van der Waals surface area contributed by atoms with E-state index in [0.29, 0.717) is 24.8 Å². The molecule has 4 heterocycles. The summed E-state index contributed by atoms with van der Waals surface area (Å²) in [7, 11) is 0. The van der Waals surface area contributed by atoms with E-state index in [1.165, 1.54) is 11.1 Å². The van der Waals surface area contributed by atoms with Crippen LogP contribution >= 0.6 is 0 Å². The molecule has 33 heavy (non-hydrogen) atoms. The van der Waals surface area contributed by atoms with Crippen molar-refractivity contribution in [1.29, 1.82) is 0 Å². The number of pyridine rings is 1. The van der Waals surface area contributed by atoms with Crippen molar-refractivity contribution in [1.82, 2.24) is 24.9 Å². The number of nitrogens with zero attached hydrogens (tertiary/aromatic N) is 6. The lowest BCUT2D eigenvalue weighted by Crippen LogP contribution is -2.48. The molecule has 2 saturated heterocycles. The molecule has 1 aromatic carbocycles. The van der Waals surface area contributed by atoms with Crippen LogP contribution in [-0.2, 0) is 11.3 Å². The molecule has 0 spiro atoms. The lowest BCUT2D eigenvalue weighted by atomic mass is 10.1. The molecular formula is C25H30N6O2. The number of anilines is 1. The molecule has 172 valence electrons. The Morgan fingerprint density at radius 1 is 1.12 bits per heavy atom. The van der Waals surface area contributed by atoms with E-state index in [0.717, 1.165) is 50.4 Å². The zero-order chi connectivity index (χ0) is 22.8. The second-order valence-corrected chi connectivity index (χ2v) is 8.91. The smallest absolute Gasteiger partial charge is 0.244 e. The van der Waals surface area contributed by atoms with Gasteiger partial charge in [0, 0.05) is 51.4 Å². The van der Waals surface area contributed by atoms with Gasteiger partial charge in [-0.15, -0.1) is 0 Å². The van der Waals surface area contributed by atoms with Gasteiger partial charge in [0.1, 0.15) is 5.82 Å². The van der Waals surface area contributed by atoms with Gasteiger partial charge in [0.05, 0.1) is 6.04 Å². The van der Waals surface area contributed by atoms with E-state index >= 15 is 0 Å². The number of benzene rings is 1. The summed E-state index contributed by atoms with van der Waals surface area (Å²) in [6, 6.07) is 12.6. The summed E-state index contributed by atoms with van der Waals surface area (Å²) in [5.41, 5.74) is 3.54. The van der Waals surface area contributed by atoms with Crippen LogP contribution in [0.25, 0.3) is 11.4 Å². The van der Waals surface area contributed by atoms with Crippen LogP contribution in [-0.4, -0.2) is 63.6 Å². The highest BCUT2D eigenvalue weighted by molar-refractivity contribution is 5.73. The van der Waals surface area contributed by atoms with Crippen molar-refractivity contribution in [2.45, 2.75) is 39.3 Å². The maximum atomic E-state index is 11.6. The molecule has 2 fully saturated rings. The molecule has 0 radical (unpaired) electrons. The first-order chi connectivity index (χ1) is 16.1. The SMILES string of the molecule is CC(=O)N1CCN(c2cc(-c3noc(C4CCCN4Cc4ccccc4C)n3)ccn2)CC1. The Balaban J connectivity index is 1.30. The number of aromatic nitrogens is 3. The maximum Gasteiger partial charge on any atom is 0.244 e. The molecule has 2 aliphatic heterocycles. The van der Waals surface area contributed by atoms with E-state index in [-0.39, 0.29) is 11.9 Å². The van der Waals surface area contributed by atoms with Gasteiger partial charge in [-0.3, -0.25) is 9.69 Å². The Morgan fingerprint density at radius 2 is 1.94 bits per heavy atom. The van der Waals surface area contributed by atoms with Gasteiger partial charge < -0.3 is 14.3 Å². The van der Waals surface area contributed by atoms with Gasteiger partial charge in [-0.25, -0.2) is 4.98 Å². The average molecular weight is 447 g/mol. The largest absolute Gasteiger partial charge is 0.353 e. The van der Waals surface area contributed by atoms with Crippen molar-refractivity contribution in [3.63, 3.8) is 0 Å². The predicted molar refractivity (Wildman–Crippen MR) is 126 cm³/mol. The molecule has 0 N–H and O–H groups in total. The topological polar surface area (TPSA) is 78.6 Å². The minimum absolute atomic E-state index is 0.124. The number of likely N-dealkylation sites (tertiary alicyclic amines) is 1. The van der Waals surface area contributed by atoms with E-state index in [2.05, 4.69) is 51.1 Å². The highest BCUT2D eigenvalue weighted by Crippen LogP contribution is 2.34. The average Bonchev–Trinajstić information content (AvgIpc) is 3.50. The number of piperazine rings is 1. The van der Waals surface area contributed by atoms with Crippen molar-refractivity contribution in [2.75, 3.05) is 37.6 Å². The summed E-state index contributed by atoms with van der Waals surface area (Å²) in [5, 5.41) is 4.30. The molecule has 1 amide bonds. The van der Waals surface area contributed by atoms with E-state index < -0.39 is 0 Å². The summed E-state index contributed by atoms with van der Waals surface area (Å²) in [4.78, 5) is 27.4. The Kier molecular flexibility index (Phi) is 6.09. The normalized spacial score (nSPS) is 19.3. The van der Waals surface area contributed by atoms with Crippen molar-refractivity contribution >= 4 is 11.7 Å². The standard InChI is InChI=1S/C25H30N6O2/c1-18-6-3-4-7-21(18)17-31-11-5-8-22(31)25-27-24(28-33-25)20-9-10-26-23(16-20)30-14-12-29(13-15-30)19(2)32/h3-4,6-7,9-10,16,22H,5,8,11-15,17H2,1-2H3. The molecule has 2 aliphatic rings. The first-order valence-electron chi connectivity index (χ1n) is 11.7. The number of amides is 1. The molecule has 0 aliphatic carbocycles. The maximum absolute atomic E-state index is 11.6. The zero-order valence-electron chi connectivity index (χ0n) is 19.3. The van der Waals surface area contributed by atoms with Crippen LogP contribution in [0.3, 0.4) is 0 Å². The number of hydrogen-bond donors (Lipinski definition) is 0. The van der Waals surface area contributed by atoms with Crippen molar-refractivity contribution in [2.24, 2.45) is 0 Å². The van der Waals surface area contributed by atoms with Gasteiger partial charge in [0.25, 0.3) is 0 Å². The van der Waals surface area contributed by atoms with E-state index in [4.69, 9.17) is 9.51 Å². The predicted octanol–water partition coefficient (Wildman–Crippen LogP) is 3.45. The van der Waals surface area contributed by atoms with Crippen molar-refractivity contribution < 1.29 is 9.32 Å². The number of hydrogen-bond acceptors (Lipinski definition) is 7. The lowest BCUT2D eigenvalue weighted by Gasteiger charge is -2.34. The van der Waals surface area contributed by atoms with Crippen LogP contribution in [0.2, 0.25) is 0 Å². The van der Waals surface area contributed by atoms with Crippen molar-refractivity contribution in [3.8, 4) is 11.4 Å². The van der Waals surface area contributed by atoms with Crippen LogP contribution in [0.5, 0.6) is 0 Å². The molecule has 0 bridgehead atoms. The fourth-order valence-electron chi connectivity index (χ4n) is 4.77. The highest BCUT2D eigenvalue weighted by Gasteiger charge is 2.31. The molecule has 8 heteroatoms. The van der Waals surface area contributed by atoms with Crippen LogP contribution in [0, 0.1) is 6.92 Å².